The molecule has 1 aliphatic rings. The lowest BCUT2D eigenvalue weighted by atomic mass is 10.1. The quantitative estimate of drug-likeness (QED) is 0.626. The molecular formula is C20H16ClN3O2S2. The van der Waals surface area contributed by atoms with Gasteiger partial charge in [0.25, 0.3) is 0 Å². The molecule has 0 saturated heterocycles. The highest BCUT2D eigenvalue weighted by molar-refractivity contribution is 8.01. The van der Waals surface area contributed by atoms with E-state index in [1.54, 1.807) is 18.3 Å². The number of thiazole rings is 1. The fourth-order valence-corrected chi connectivity index (χ4v) is 4.93. The van der Waals surface area contributed by atoms with Gasteiger partial charge >= 0.3 is 0 Å². The predicted octanol–water partition coefficient (Wildman–Crippen LogP) is 4.51. The summed E-state index contributed by atoms with van der Waals surface area (Å²) in [6.07, 6.45) is 1.79. The van der Waals surface area contributed by atoms with Crippen LogP contribution in [0.5, 0.6) is 0 Å². The maximum Gasteiger partial charge on any atom is 0.238 e. The molecule has 0 bridgehead atoms. The van der Waals surface area contributed by atoms with E-state index in [1.807, 2.05) is 41.8 Å². The Balaban J connectivity index is 1.48. The Morgan fingerprint density at radius 1 is 1.25 bits per heavy atom. The number of carbonyl (C=O) groups excluding carboxylic acids is 2. The van der Waals surface area contributed by atoms with E-state index in [2.05, 4.69) is 15.6 Å². The van der Waals surface area contributed by atoms with Gasteiger partial charge in [0.05, 0.1) is 10.9 Å². The second-order valence-corrected chi connectivity index (χ2v) is 8.83. The van der Waals surface area contributed by atoms with Crippen LogP contribution in [0, 0.1) is 0 Å². The van der Waals surface area contributed by atoms with E-state index in [0.29, 0.717) is 10.7 Å². The van der Waals surface area contributed by atoms with Gasteiger partial charge in [-0.3, -0.25) is 9.59 Å². The van der Waals surface area contributed by atoms with Crippen LogP contribution in [0.3, 0.4) is 0 Å². The summed E-state index contributed by atoms with van der Waals surface area (Å²) in [4.78, 5) is 30.4. The maximum absolute atomic E-state index is 12.8. The summed E-state index contributed by atoms with van der Waals surface area (Å²) in [6, 6.07) is 14.7. The zero-order chi connectivity index (χ0) is 19.5. The van der Waals surface area contributed by atoms with Crippen LogP contribution in [0.1, 0.15) is 23.0 Å². The molecule has 142 valence electrons. The number of fused-ring (bicyclic) bond motifs is 1. The van der Waals surface area contributed by atoms with Gasteiger partial charge < -0.3 is 10.6 Å². The van der Waals surface area contributed by atoms with Crippen LogP contribution in [0.4, 0.5) is 5.69 Å². The van der Waals surface area contributed by atoms with E-state index in [0.717, 1.165) is 15.5 Å². The normalized spacial score (nSPS) is 16.8. The fourth-order valence-electron chi connectivity index (χ4n) is 2.96. The molecule has 0 saturated carbocycles. The SMILES string of the molecule is O=C(CC1Sc2ccc(Cl)cc2NC1=O)NC(c1ccccc1)c1nccs1. The molecule has 4 rings (SSSR count). The molecule has 2 unspecified atom stereocenters. The number of nitrogens with one attached hydrogen (secondary N) is 2. The van der Waals surface area contributed by atoms with E-state index in [1.165, 1.54) is 23.1 Å². The van der Waals surface area contributed by atoms with Crippen LogP contribution < -0.4 is 10.6 Å². The van der Waals surface area contributed by atoms with Crippen molar-refractivity contribution in [2.24, 2.45) is 0 Å². The van der Waals surface area contributed by atoms with Gasteiger partial charge in [0, 0.05) is 27.9 Å². The van der Waals surface area contributed by atoms with Crippen LogP contribution in [0.15, 0.2) is 65.0 Å². The minimum Gasteiger partial charge on any atom is -0.343 e. The number of amides is 2. The minimum absolute atomic E-state index is 0.0767. The molecule has 28 heavy (non-hydrogen) atoms. The molecule has 2 atom stereocenters. The summed E-state index contributed by atoms with van der Waals surface area (Å²) >= 11 is 8.84. The zero-order valence-electron chi connectivity index (χ0n) is 14.6. The van der Waals surface area contributed by atoms with Gasteiger partial charge in [0.2, 0.25) is 11.8 Å². The molecule has 0 radical (unpaired) electrons. The van der Waals surface area contributed by atoms with Gasteiger partial charge in [-0.15, -0.1) is 23.1 Å². The summed E-state index contributed by atoms with van der Waals surface area (Å²) < 4.78 is 0. The molecule has 8 heteroatoms. The first-order valence-electron chi connectivity index (χ1n) is 8.61. The summed E-state index contributed by atoms with van der Waals surface area (Å²) in [7, 11) is 0. The minimum atomic E-state index is -0.499. The van der Waals surface area contributed by atoms with E-state index >= 15 is 0 Å². The first kappa shape index (κ1) is 19.0. The highest BCUT2D eigenvalue weighted by Gasteiger charge is 2.30. The van der Waals surface area contributed by atoms with Crippen molar-refractivity contribution >= 4 is 52.2 Å². The van der Waals surface area contributed by atoms with Crippen molar-refractivity contribution in [3.8, 4) is 0 Å². The number of nitrogens with zero attached hydrogens (tertiary/aromatic N) is 1. The number of hydrogen-bond donors (Lipinski definition) is 2. The van der Waals surface area contributed by atoms with Crippen LogP contribution in [0.25, 0.3) is 0 Å². The van der Waals surface area contributed by atoms with Crippen molar-refractivity contribution < 1.29 is 9.59 Å². The molecular weight excluding hydrogens is 414 g/mol. The maximum atomic E-state index is 12.8. The van der Waals surface area contributed by atoms with Gasteiger partial charge in [-0.25, -0.2) is 4.98 Å². The summed E-state index contributed by atoms with van der Waals surface area (Å²) in [5, 5.41) is 8.61. The Morgan fingerprint density at radius 2 is 2.07 bits per heavy atom. The second-order valence-electron chi connectivity index (χ2n) is 6.22. The van der Waals surface area contributed by atoms with E-state index in [9.17, 15) is 9.59 Å². The molecule has 0 aliphatic carbocycles. The van der Waals surface area contributed by atoms with Crippen molar-refractivity contribution in [1.82, 2.24) is 10.3 Å². The van der Waals surface area contributed by atoms with Gasteiger partial charge in [0.15, 0.2) is 0 Å². The molecule has 2 aromatic carbocycles. The monoisotopic (exact) mass is 429 g/mol. The standard InChI is InChI=1S/C20H16ClN3O2S2/c21-13-6-7-15-14(10-13)23-19(26)16(28-15)11-17(25)24-18(20-22-8-9-27-20)12-4-2-1-3-5-12/h1-10,16,18H,11H2,(H,23,26)(H,24,25). The average Bonchev–Trinajstić information content (AvgIpc) is 3.22. The molecule has 1 aromatic heterocycles. The molecule has 5 nitrogen and oxygen atoms in total. The lowest BCUT2D eigenvalue weighted by molar-refractivity contribution is -0.124. The highest BCUT2D eigenvalue weighted by atomic mass is 35.5. The number of anilines is 1. The Kier molecular flexibility index (Phi) is 5.66. The number of thioether (sulfide) groups is 1. The summed E-state index contributed by atoms with van der Waals surface area (Å²) in [5.74, 6) is -0.394. The van der Waals surface area contributed by atoms with E-state index in [-0.39, 0.29) is 24.3 Å². The lowest BCUT2D eigenvalue weighted by Crippen LogP contribution is -2.36. The summed E-state index contributed by atoms with van der Waals surface area (Å²) in [6.45, 7) is 0. The smallest absolute Gasteiger partial charge is 0.238 e. The third-order valence-electron chi connectivity index (χ3n) is 4.27. The Morgan fingerprint density at radius 3 is 2.82 bits per heavy atom. The van der Waals surface area contributed by atoms with Crippen molar-refractivity contribution in [3.63, 3.8) is 0 Å². The zero-order valence-corrected chi connectivity index (χ0v) is 17.0. The molecule has 2 heterocycles. The first-order valence-corrected chi connectivity index (χ1v) is 10.7. The van der Waals surface area contributed by atoms with Crippen molar-refractivity contribution in [2.75, 3.05) is 5.32 Å². The van der Waals surface area contributed by atoms with Crippen molar-refractivity contribution in [2.45, 2.75) is 22.6 Å². The molecule has 2 N–H and O–H groups in total. The molecule has 3 aromatic rings. The van der Waals surface area contributed by atoms with Gasteiger partial charge in [-0.05, 0) is 23.8 Å². The topological polar surface area (TPSA) is 71.1 Å². The van der Waals surface area contributed by atoms with Crippen LogP contribution in [-0.2, 0) is 9.59 Å². The van der Waals surface area contributed by atoms with Gasteiger partial charge in [0.1, 0.15) is 11.0 Å². The predicted molar refractivity (Wildman–Crippen MR) is 113 cm³/mol. The summed E-state index contributed by atoms with van der Waals surface area (Å²) in [5.41, 5.74) is 1.63. The Bertz CT molecular complexity index is 996. The van der Waals surface area contributed by atoms with Crippen molar-refractivity contribution in [3.05, 3.63) is 75.7 Å². The Hall–Kier alpha value is -2.35. The number of benzene rings is 2. The molecule has 0 fully saturated rings. The lowest BCUT2D eigenvalue weighted by Gasteiger charge is -2.25. The molecule has 1 aliphatic heterocycles. The first-order chi connectivity index (χ1) is 13.6. The van der Waals surface area contributed by atoms with Gasteiger partial charge in [-0.1, -0.05) is 41.9 Å². The fraction of sp³-hybridized carbons (Fsp3) is 0.150. The average molecular weight is 430 g/mol. The third kappa shape index (κ3) is 4.22. The van der Waals surface area contributed by atoms with E-state index in [4.69, 9.17) is 11.6 Å². The van der Waals surface area contributed by atoms with Crippen LogP contribution in [0.2, 0.25) is 5.02 Å². The molecule has 2 amide bonds. The molecule has 0 spiro atoms. The van der Waals surface area contributed by atoms with Crippen LogP contribution >= 0.6 is 34.7 Å². The number of rotatable bonds is 5. The van der Waals surface area contributed by atoms with Crippen LogP contribution in [-0.4, -0.2) is 22.0 Å². The number of hydrogen-bond acceptors (Lipinski definition) is 5. The number of carbonyl (C=O) groups is 2. The second kappa shape index (κ2) is 8.34. The largest absolute Gasteiger partial charge is 0.343 e. The van der Waals surface area contributed by atoms with Crippen molar-refractivity contribution in [1.29, 1.82) is 0 Å². The Labute approximate surface area is 175 Å². The highest BCUT2D eigenvalue weighted by Crippen LogP contribution is 2.38. The number of halogens is 1. The number of aromatic nitrogens is 1. The van der Waals surface area contributed by atoms with Gasteiger partial charge in [-0.2, -0.15) is 0 Å². The third-order valence-corrected chi connectivity index (χ3v) is 6.62. The van der Waals surface area contributed by atoms with E-state index < -0.39 is 5.25 Å².